The summed E-state index contributed by atoms with van der Waals surface area (Å²) in [6.45, 7) is 2.89. The van der Waals surface area contributed by atoms with Gasteiger partial charge in [0.1, 0.15) is 6.33 Å². The maximum atomic E-state index is 11.6. The summed E-state index contributed by atoms with van der Waals surface area (Å²) in [6, 6.07) is 7.81. The van der Waals surface area contributed by atoms with Crippen molar-refractivity contribution in [3.63, 3.8) is 0 Å². The Morgan fingerprint density at radius 3 is 2.79 bits per heavy atom. The first-order chi connectivity index (χ1) is 9.15. The highest BCUT2D eigenvalue weighted by molar-refractivity contribution is 5.73. The third kappa shape index (κ3) is 3.80. The molecule has 0 spiro atoms. The van der Waals surface area contributed by atoms with Gasteiger partial charge in [-0.05, 0) is 12.5 Å². The molecule has 1 heterocycles. The van der Waals surface area contributed by atoms with Gasteiger partial charge in [-0.3, -0.25) is 0 Å². The molecule has 2 amide bonds. The highest BCUT2D eigenvalue weighted by Gasteiger charge is 2.04. The van der Waals surface area contributed by atoms with Crippen molar-refractivity contribution in [1.29, 1.82) is 0 Å². The van der Waals surface area contributed by atoms with E-state index in [1.807, 2.05) is 38.2 Å². The molecule has 100 valence electrons. The Hall–Kier alpha value is -2.37. The first kappa shape index (κ1) is 13.1. The second kappa shape index (κ2) is 5.99. The lowest BCUT2D eigenvalue weighted by molar-refractivity contribution is 0.239. The number of nitrogens with one attached hydrogen (secondary N) is 2. The predicted octanol–water partition coefficient (Wildman–Crippen LogP) is 1.12. The van der Waals surface area contributed by atoms with E-state index in [2.05, 4.69) is 20.8 Å². The minimum atomic E-state index is -0.218. The minimum Gasteiger partial charge on any atom is -0.334 e. The van der Waals surface area contributed by atoms with E-state index in [-0.39, 0.29) is 6.03 Å². The molecule has 0 bridgehead atoms. The summed E-state index contributed by atoms with van der Waals surface area (Å²) in [4.78, 5) is 11.6. The lowest BCUT2D eigenvalue weighted by Gasteiger charge is -2.07. The van der Waals surface area contributed by atoms with Gasteiger partial charge in [0.15, 0.2) is 5.82 Å². The van der Waals surface area contributed by atoms with E-state index >= 15 is 0 Å². The summed E-state index contributed by atoms with van der Waals surface area (Å²) < 4.78 is 1.76. The maximum absolute atomic E-state index is 11.6. The quantitative estimate of drug-likeness (QED) is 0.864. The molecule has 0 unspecified atom stereocenters. The lowest BCUT2D eigenvalue weighted by atomic mass is 10.1. The summed E-state index contributed by atoms with van der Waals surface area (Å²) in [6.07, 6.45) is 1.60. The number of urea groups is 1. The molecule has 0 saturated heterocycles. The van der Waals surface area contributed by atoms with Crippen LogP contribution in [0.5, 0.6) is 0 Å². The first-order valence-electron chi connectivity index (χ1n) is 6.05. The molecule has 6 heteroatoms. The van der Waals surface area contributed by atoms with Gasteiger partial charge >= 0.3 is 6.03 Å². The van der Waals surface area contributed by atoms with E-state index in [0.717, 1.165) is 5.56 Å². The van der Waals surface area contributed by atoms with Crippen LogP contribution in [0.3, 0.4) is 0 Å². The molecule has 2 N–H and O–H groups in total. The summed E-state index contributed by atoms with van der Waals surface area (Å²) in [5, 5.41) is 13.2. The number of hydrogen-bond donors (Lipinski definition) is 2. The number of carbonyl (C=O) groups excluding carboxylic acids is 1. The molecule has 2 aromatic rings. The molecule has 1 aromatic heterocycles. The summed E-state index contributed by atoms with van der Waals surface area (Å²) in [7, 11) is 1.83. The van der Waals surface area contributed by atoms with Crippen molar-refractivity contribution < 1.29 is 4.79 Å². The SMILES string of the molecule is Cc1cccc(CNC(=O)NCc2nncn2C)c1. The zero-order valence-corrected chi connectivity index (χ0v) is 11.1. The van der Waals surface area contributed by atoms with E-state index in [0.29, 0.717) is 18.9 Å². The van der Waals surface area contributed by atoms with Gasteiger partial charge < -0.3 is 15.2 Å². The van der Waals surface area contributed by atoms with Crippen LogP contribution < -0.4 is 10.6 Å². The zero-order chi connectivity index (χ0) is 13.7. The fraction of sp³-hybridized carbons (Fsp3) is 0.308. The van der Waals surface area contributed by atoms with Gasteiger partial charge in [0.05, 0.1) is 6.54 Å². The van der Waals surface area contributed by atoms with Gasteiger partial charge in [-0.25, -0.2) is 4.79 Å². The molecule has 19 heavy (non-hydrogen) atoms. The van der Waals surface area contributed by atoms with Crippen molar-refractivity contribution in [1.82, 2.24) is 25.4 Å². The molecular weight excluding hydrogens is 242 g/mol. The Balaban J connectivity index is 1.77. The summed E-state index contributed by atoms with van der Waals surface area (Å²) in [5.74, 6) is 0.714. The third-order valence-corrected chi connectivity index (χ3v) is 2.75. The predicted molar refractivity (Wildman–Crippen MR) is 71.3 cm³/mol. The Labute approximate surface area is 111 Å². The molecule has 6 nitrogen and oxygen atoms in total. The Morgan fingerprint density at radius 2 is 2.11 bits per heavy atom. The standard InChI is InChI=1S/C13H17N5O/c1-10-4-3-5-11(6-10)7-14-13(19)15-8-12-17-16-9-18(12)2/h3-6,9H,7-8H2,1-2H3,(H2,14,15,19). The number of benzene rings is 1. The second-order valence-electron chi connectivity index (χ2n) is 4.38. The van der Waals surface area contributed by atoms with Gasteiger partial charge in [0.2, 0.25) is 0 Å². The lowest BCUT2D eigenvalue weighted by Crippen LogP contribution is -2.35. The van der Waals surface area contributed by atoms with Gasteiger partial charge in [-0.15, -0.1) is 10.2 Å². The fourth-order valence-corrected chi connectivity index (χ4v) is 1.69. The van der Waals surface area contributed by atoms with E-state index in [9.17, 15) is 4.79 Å². The summed E-state index contributed by atoms with van der Waals surface area (Å²) in [5.41, 5.74) is 2.26. The number of rotatable bonds is 4. The monoisotopic (exact) mass is 259 g/mol. The van der Waals surface area contributed by atoms with Crippen LogP contribution in [0.1, 0.15) is 17.0 Å². The minimum absolute atomic E-state index is 0.218. The molecule has 0 saturated carbocycles. The number of amides is 2. The number of aromatic nitrogens is 3. The Bertz CT molecular complexity index is 564. The van der Waals surface area contributed by atoms with Gasteiger partial charge in [-0.1, -0.05) is 29.8 Å². The van der Waals surface area contributed by atoms with Crippen LogP contribution in [0.2, 0.25) is 0 Å². The van der Waals surface area contributed by atoms with Crippen LogP contribution >= 0.6 is 0 Å². The molecule has 0 radical (unpaired) electrons. The molecule has 0 aliphatic rings. The van der Waals surface area contributed by atoms with Crippen molar-refractivity contribution in [2.45, 2.75) is 20.0 Å². The van der Waals surface area contributed by atoms with E-state index in [4.69, 9.17) is 0 Å². The molecule has 0 atom stereocenters. The van der Waals surface area contributed by atoms with Crippen LogP contribution in [0.15, 0.2) is 30.6 Å². The smallest absolute Gasteiger partial charge is 0.315 e. The normalized spacial score (nSPS) is 10.2. The molecule has 1 aromatic carbocycles. The number of carbonyl (C=O) groups is 1. The van der Waals surface area contributed by atoms with Crippen molar-refractivity contribution >= 4 is 6.03 Å². The fourth-order valence-electron chi connectivity index (χ4n) is 1.69. The first-order valence-corrected chi connectivity index (χ1v) is 6.05. The van der Waals surface area contributed by atoms with Crippen LogP contribution in [-0.4, -0.2) is 20.8 Å². The molecule has 0 aliphatic heterocycles. The third-order valence-electron chi connectivity index (χ3n) is 2.75. The molecule has 0 aliphatic carbocycles. The maximum Gasteiger partial charge on any atom is 0.315 e. The largest absolute Gasteiger partial charge is 0.334 e. The number of nitrogens with zero attached hydrogens (tertiary/aromatic N) is 3. The average molecular weight is 259 g/mol. The van der Waals surface area contributed by atoms with Crippen LogP contribution in [0, 0.1) is 6.92 Å². The Morgan fingerprint density at radius 1 is 1.32 bits per heavy atom. The second-order valence-corrected chi connectivity index (χ2v) is 4.38. The van der Waals surface area contributed by atoms with Crippen LogP contribution in [0.25, 0.3) is 0 Å². The van der Waals surface area contributed by atoms with Crippen LogP contribution in [-0.2, 0) is 20.1 Å². The van der Waals surface area contributed by atoms with E-state index in [1.165, 1.54) is 5.56 Å². The van der Waals surface area contributed by atoms with Crippen molar-refractivity contribution in [2.24, 2.45) is 7.05 Å². The zero-order valence-electron chi connectivity index (χ0n) is 11.1. The highest BCUT2D eigenvalue weighted by Crippen LogP contribution is 2.03. The molecule has 0 fully saturated rings. The number of aryl methyl sites for hydroxylation is 2. The van der Waals surface area contributed by atoms with Gasteiger partial charge in [0.25, 0.3) is 0 Å². The van der Waals surface area contributed by atoms with Crippen LogP contribution in [0.4, 0.5) is 4.79 Å². The van der Waals surface area contributed by atoms with E-state index < -0.39 is 0 Å². The van der Waals surface area contributed by atoms with E-state index in [1.54, 1.807) is 10.9 Å². The number of hydrogen-bond acceptors (Lipinski definition) is 3. The molecular formula is C13H17N5O. The molecule has 2 rings (SSSR count). The van der Waals surface area contributed by atoms with Crippen molar-refractivity contribution in [2.75, 3.05) is 0 Å². The van der Waals surface area contributed by atoms with Gasteiger partial charge in [0, 0.05) is 13.6 Å². The topological polar surface area (TPSA) is 71.8 Å². The summed E-state index contributed by atoms with van der Waals surface area (Å²) >= 11 is 0. The van der Waals surface area contributed by atoms with Gasteiger partial charge in [-0.2, -0.15) is 0 Å². The van der Waals surface area contributed by atoms with Crippen molar-refractivity contribution in [3.05, 3.63) is 47.5 Å². The van der Waals surface area contributed by atoms with Crippen molar-refractivity contribution in [3.8, 4) is 0 Å². The Kier molecular flexibility index (Phi) is 4.12. The highest BCUT2D eigenvalue weighted by atomic mass is 16.2. The average Bonchev–Trinajstić information content (AvgIpc) is 2.80.